The highest BCUT2D eigenvalue weighted by Gasteiger charge is 2.41. The van der Waals surface area contributed by atoms with Crippen molar-refractivity contribution >= 4 is 15.9 Å². The summed E-state index contributed by atoms with van der Waals surface area (Å²) < 4.78 is 72.0. The van der Waals surface area contributed by atoms with E-state index in [9.17, 15) is 26.4 Å². The summed E-state index contributed by atoms with van der Waals surface area (Å²) in [6.07, 6.45) is -3.37. The fraction of sp³-hybridized carbons (Fsp3) is 0.650. The summed E-state index contributed by atoms with van der Waals surface area (Å²) in [6.45, 7) is 3.26. The first-order valence-electron chi connectivity index (χ1n) is 10.0. The maximum absolute atomic E-state index is 13.3. The van der Waals surface area contributed by atoms with Gasteiger partial charge in [0.2, 0.25) is 15.9 Å². The first kappa shape index (κ1) is 23.0. The molecule has 0 saturated carbocycles. The number of benzene rings is 1. The normalized spacial score (nSPS) is 24.8. The summed E-state index contributed by atoms with van der Waals surface area (Å²) in [7, 11) is -2.68. The predicted octanol–water partition coefficient (Wildman–Crippen LogP) is 2.99. The Morgan fingerprint density at radius 1 is 1.10 bits per heavy atom. The molecule has 2 aliphatic heterocycles. The van der Waals surface area contributed by atoms with E-state index < -0.39 is 26.7 Å². The van der Waals surface area contributed by atoms with Crippen LogP contribution in [0.3, 0.4) is 0 Å². The Kier molecular flexibility index (Phi) is 6.78. The molecule has 2 aliphatic rings. The van der Waals surface area contributed by atoms with Crippen LogP contribution in [0, 0.1) is 11.8 Å². The van der Waals surface area contributed by atoms with Gasteiger partial charge >= 0.3 is 6.18 Å². The Bertz CT molecular complexity index is 867. The van der Waals surface area contributed by atoms with Crippen molar-refractivity contribution in [3.05, 3.63) is 29.8 Å². The maximum Gasteiger partial charge on any atom is 0.417 e. The molecule has 1 aromatic rings. The van der Waals surface area contributed by atoms with Gasteiger partial charge in [-0.25, -0.2) is 8.42 Å². The van der Waals surface area contributed by atoms with Gasteiger partial charge < -0.3 is 9.64 Å². The molecule has 2 atom stereocenters. The second kappa shape index (κ2) is 8.84. The fourth-order valence-corrected chi connectivity index (χ4v) is 5.89. The van der Waals surface area contributed by atoms with Crippen molar-refractivity contribution in [3.63, 3.8) is 0 Å². The van der Waals surface area contributed by atoms with Gasteiger partial charge in [0, 0.05) is 39.2 Å². The Morgan fingerprint density at radius 3 is 2.33 bits per heavy atom. The number of methoxy groups -OCH3 is 1. The zero-order valence-electron chi connectivity index (χ0n) is 17.1. The number of alkyl halides is 3. The minimum atomic E-state index is -4.76. The average Bonchev–Trinajstić information content (AvgIpc) is 2.73. The van der Waals surface area contributed by atoms with E-state index in [0.717, 1.165) is 22.9 Å². The molecular weight excluding hydrogens is 421 g/mol. The van der Waals surface area contributed by atoms with Gasteiger partial charge in [0.15, 0.2) is 0 Å². The number of piperidine rings is 2. The van der Waals surface area contributed by atoms with E-state index in [0.29, 0.717) is 19.0 Å². The lowest BCUT2D eigenvalue weighted by atomic mass is 9.92. The molecule has 0 unspecified atom stereocenters. The van der Waals surface area contributed by atoms with Crippen molar-refractivity contribution in [3.8, 4) is 0 Å². The number of likely N-dealkylation sites (tertiary alicyclic amines) is 1. The summed E-state index contributed by atoms with van der Waals surface area (Å²) in [5, 5.41) is 0. The van der Waals surface area contributed by atoms with Crippen LogP contribution < -0.4 is 0 Å². The van der Waals surface area contributed by atoms with Gasteiger partial charge in [0.25, 0.3) is 0 Å². The van der Waals surface area contributed by atoms with E-state index in [2.05, 4.69) is 6.92 Å². The highest BCUT2D eigenvalue weighted by Crippen LogP contribution is 2.36. The molecule has 2 heterocycles. The summed E-state index contributed by atoms with van der Waals surface area (Å²) >= 11 is 0. The number of rotatable bonds is 4. The molecule has 6 nitrogen and oxygen atoms in total. The first-order chi connectivity index (χ1) is 14.1. The molecule has 1 amide bonds. The summed E-state index contributed by atoms with van der Waals surface area (Å²) in [4.78, 5) is 13.9. The lowest BCUT2D eigenvalue weighted by Crippen LogP contribution is -2.50. The Labute approximate surface area is 175 Å². The van der Waals surface area contributed by atoms with Crippen LogP contribution in [0.25, 0.3) is 0 Å². The largest absolute Gasteiger partial charge is 0.417 e. The van der Waals surface area contributed by atoms with Crippen LogP contribution in [0.5, 0.6) is 0 Å². The van der Waals surface area contributed by atoms with E-state index in [1.807, 2.05) is 0 Å². The number of hydrogen-bond acceptors (Lipinski definition) is 4. The fourth-order valence-electron chi connectivity index (χ4n) is 4.21. The van der Waals surface area contributed by atoms with Gasteiger partial charge in [-0.1, -0.05) is 19.1 Å². The molecule has 2 fully saturated rings. The maximum atomic E-state index is 13.3. The predicted molar refractivity (Wildman–Crippen MR) is 104 cm³/mol. The third kappa shape index (κ3) is 4.65. The topological polar surface area (TPSA) is 66.9 Å². The molecule has 2 saturated heterocycles. The van der Waals surface area contributed by atoms with Crippen molar-refractivity contribution < 1.29 is 31.1 Å². The van der Waals surface area contributed by atoms with Gasteiger partial charge in [-0.3, -0.25) is 4.79 Å². The molecule has 0 bridgehead atoms. The lowest BCUT2D eigenvalue weighted by Gasteiger charge is -2.39. The standard InChI is InChI=1S/C20H27F3N2O4S/c1-14-7-10-24(13-17(14)29-2)19(26)15-8-11-25(12-9-15)30(27,28)18-6-4-3-5-16(18)20(21,22)23/h3-6,14-15,17H,7-13H2,1-2H3/t14-,17+/m0/s1. The van der Waals surface area contributed by atoms with Crippen molar-refractivity contribution in [1.82, 2.24) is 9.21 Å². The van der Waals surface area contributed by atoms with Crippen LogP contribution in [0.2, 0.25) is 0 Å². The second-order valence-corrected chi connectivity index (χ2v) is 9.90. The molecule has 30 heavy (non-hydrogen) atoms. The summed E-state index contributed by atoms with van der Waals surface area (Å²) in [5.41, 5.74) is -1.17. The van der Waals surface area contributed by atoms with Crippen LogP contribution in [0.4, 0.5) is 13.2 Å². The third-order valence-corrected chi connectivity index (χ3v) is 8.07. The monoisotopic (exact) mass is 448 g/mol. The van der Waals surface area contributed by atoms with E-state index >= 15 is 0 Å². The van der Waals surface area contributed by atoms with E-state index in [1.165, 1.54) is 12.1 Å². The number of nitrogens with zero attached hydrogens (tertiary/aromatic N) is 2. The summed E-state index contributed by atoms with van der Waals surface area (Å²) in [5.74, 6) is -0.00310. The highest BCUT2D eigenvalue weighted by molar-refractivity contribution is 7.89. The number of carbonyl (C=O) groups excluding carboxylic acids is 1. The number of carbonyl (C=O) groups is 1. The van der Waals surface area contributed by atoms with Gasteiger partial charge in [-0.2, -0.15) is 17.5 Å². The SMILES string of the molecule is CO[C@@H]1CN(C(=O)C2CCN(S(=O)(=O)c3ccccc3C(F)(F)F)CC2)CC[C@@H]1C. The third-order valence-electron chi connectivity index (χ3n) is 6.12. The Hall–Kier alpha value is -1.65. The molecule has 0 N–H and O–H groups in total. The zero-order valence-corrected chi connectivity index (χ0v) is 17.9. The highest BCUT2D eigenvalue weighted by atomic mass is 32.2. The van der Waals surface area contributed by atoms with Gasteiger partial charge in [0.1, 0.15) is 0 Å². The number of amides is 1. The quantitative estimate of drug-likeness (QED) is 0.710. The number of sulfonamides is 1. The molecule has 0 spiro atoms. The number of ether oxygens (including phenoxy) is 1. The molecule has 0 aliphatic carbocycles. The molecule has 0 radical (unpaired) electrons. The number of hydrogen-bond donors (Lipinski definition) is 0. The van der Waals surface area contributed by atoms with E-state index in [4.69, 9.17) is 4.74 Å². The van der Waals surface area contributed by atoms with Crippen LogP contribution in [0.15, 0.2) is 29.2 Å². The van der Waals surface area contributed by atoms with Gasteiger partial charge in [-0.05, 0) is 37.3 Å². The molecule has 0 aromatic heterocycles. The van der Waals surface area contributed by atoms with E-state index in [-0.39, 0.29) is 43.9 Å². The lowest BCUT2D eigenvalue weighted by molar-refractivity contribution is -0.141. The molecule has 3 rings (SSSR count). The van der Waals surface area contributed by atoms with Crippen LogP contribution in [-0.4, -0.2) is 62.9 Å². The molecule has 10 heteroatoms. The first-order valence-corrected chi connectivity index (χ1v) is 11.5. The smallest absolute Gasteiger partial charge is 0.379 e. The van der Waals surface area contributed by atoms with E-state index in [1.54, 1.807) is 12.0 Å². The van der Waals surface area contributed by atoms with Crippen LogP contribution in [0.1, 0.15) is 31.7 Å². The summed E-state index contributed by atoms with van der Waals surface area (Å²) in [6, 6.07) is 4.20. The van der Waals surface area contributed by atoms with Crippen LogP contribution in [-0.2, 0) is 25.7 Å². The molecular formula is C20H27F3N2O4S. The van der Waals surface area contributed by atoms with Crippen molar-refractivity contribution in [2.45, 2.75) is 43.4 Å². The second-order valence-electron chi connectivity index (χ2n) is 8.00. The minimum absolute atomic E-state index is 0.0167. The van der Waals surface area contributed by atoms with Crippen LogP contribution >= 0.6 is 0 Å². The van der Waals surface area contributed by atoms with Gasteiger partial charge in [-0.15, -0.1) is 0 Å². The Morgan fingerprint density at radius 2 is 1.73 bits per heavy atom. The molecule has 1 aromatic carbocycles. The van der Waals surface area contributed by atoms with Gasteiger partial charge in [0.05, 0.1) is 16.6 Å². The minimum Gasteiger partial charge on any atom is -0.379 e. The van der Waals surface area contributed by atoms with Crippen molar-refractivity contribution in [1.29, 1.82) is 0 Å². The van der Waals surface area contributed by atoms with Crippen molar-refractivity contribution in [2.75, 3.05) is 33.3 Å². The molecule has 168 valence electrons. The Balaban J connectivity index is 1.68. The number of halogens is 3. The zero-order chi connectivity index (χ0) is 22.1. The average molecular weight is 449 g/mol. The van der Waals surface area contributed by atoms with Crippen molar-refractivity contribution in [2.24, 2.45) is 11.8 Å².